The number of aromatic nitrogens is 2. The number of amides is 1. The molecule has 0 atom stereocenters. The fourth-order valence-electron chi connectivity index (χ4n) is 3.53. The van der Waals surface area contributed by atoms with Gasteiger partial charge in [0.15, 0.2) is 14.0 Å². The van der Waals surface area contributed by atoms with Crippen molar-refractivity contribution in [1.29, 1.82) is 0 Å². The highest BCUT2D eigenvalue weighted by atomic mass is 32.2. The van der Waals surface area contributed by atoms with Gasteiger partial charge < -0.3 is 9.64 Å². The molecule has 0 spiro atoms. The lowest BCUT2D eigenvalue weighted by atomic mass is 9.94. The first kappa shape index (κ1) is 20.7. The molecule has 0 radical (unpaired) electrons. The van der Waals surface area contributed by atoms with Crippen molar-refractivity contribution in [1.82, 2.24) is 14.5 Å². The predicted molar refractivity (Wildman–Crippen MR) is 108 cm³/mol. The number of rotatable bonds is 6. The van der Waals surface area contributed by atoms with Crippen LogP contribution in [0.15, 0.2) is 22.4 Å². The van der Waals surface area contributed by atoms with E-state index in [2.05, 4.69) is 9.59 Å². The summed E-state index contributed by atoms with van der Waals surface area (Å²) in [6.45, 7) is 3.22. The third-order valence-corrected chi connectivity index (χ3v) is 7.71. The minimum Gasteiger partial charge on any atom is -0.496 e. The van der Waals surface area contributed by atoms with E-state index in [-0.39, 0.29) is 16.0 Å². The van der Waals surface area contributed by atoms with Crippen molar-refractivity contribution in [3.63, 3.8) is 0 Å². The Labute approximate surface area is 169 Å². The Morgan fingerprint density at radius 3 is 2.68 bits per heavy atom. The number of aryl methyl sites for hydroxylation is 2. The largest absolute Gasteiger partial charge is 0.496 e. The number of piperidine rings is 1. The van der Waals surface area contributed by atoms with Gasteiger partial charge in [-0.1, -0.05) is 16.6 Å². The summed E-state index contributed by atoms with van der Waals surface area (Å²) < 4.78 is 33.2. The zero-order chi connectivity index (χ0) is 20.3. The molecule has 3 rings (SSSR count). The maximum absolute atomic E-state index is 12.6. The van der Waals surface area contributed by atoms with E-state index >= 15 is 0 Å². The number of ether oxygens (including phenoxy) is 1. The van der Waals surface area contributed by atoms with Crippen molar-refractivity contribution in [3.8, 4) is 5.75 Å². The van der Waals surface area contributed by atoms with E-state index in [0.717, 1.165) is 28.4 Å². The summed E-state index contributed by atoms with van der Waals surface area (Å²) in [5.74, 6) is 0.996. The molecule has 0 aliphatic carbocycles. The summed E-state index contributed by atoms with van der Waals surface area (Å²) >= 11 is 0.927. The van der Waals surface area contributed by atoms with Crippen molar-refractivity contribution in [3.05, 3.63) is 35.0 Å². The first-order chi connectivity index (χ1) is 13.3. The second-order valence-corrected chi connectivity index (χ2v) is 10.1. The maximum atomic E-state index is 12.6. The van der Waals surface area contributed by atoms with Crippen LogP contribution < -0.4 is 4.74 Å². The Bertz CT molecular complexity index is 948. The van der Waals surface area contributed by atoms with Crippen LogP contribution >= 0.6 is 11.5 Å². The first-order valence-electron chi connectivity index (χ1n) is 9.23. The van der Waals surface area contributed by atoms with Gasteiger partial charge in [-0.2, -0.15) is 0 Å². The number of carbonyl (C=O) groups excluding carboxylic acids is 1. The molecule has 1 fully saturated rings. The fourth-order valence-corrected chi connectivity index (χ4v) is 5.26. The van der Waals surface area contributed by atoms with Gasteiger partial charge in [0, 0.05) is 43.2 Å². The average Bonchev–Trinajstić information content (AvgIpc) is 3.17. The highest BCUT2D eigenvalue weighted by Gasteiger charge is 2.30. The van der Waals surface area contributed by atoms with Gasteiger partial charge in [0.1, 0.15) is 5.75 Å². The zero-order valence-electron chi connectivity index (χ0n) is 16.3. The minimum atomic E-state index is -3.31. The number of sulfone groups is 1. The number of hydrogen-bond donors (Lipinski definition) is 0. The van der Waals surface area contributed by atoms with Crippen molar-refractivity contribution >= 4 is 27.3 Å². The molecule has 1 saturated heterocycles. The minimum absolute atomic E-state index is 0.0360. The van der Waals surface area contributed by atoms with Crippen molar-refractivity contribution in [2.24, 2.45) is 0 Å². The molecule has 1 aliphatic rings. The highest BCUT2D eigenvalue weighted by Crippen LogP contribution is 2.32. The van der Waals surface area contributed by atoms with Crippen LogP contribution in [0.5, 0.6) is 5.75 Å². The highest BCUT2D eigenvalue weighted by molar-refractivity contribution is 7.92. The van der Waals surface area contributed by atoms with E-state index in [1.807, 2.05) is 30.0 Å². The number of hydrogen-bond acceptors (Lipinski definition) is 7. The van der Waals surface area contributed by atoms with Crippen LogP contribution in [-0.4, -0.2) is 55.3 Å². The fraction of sp³-hybridized carbons (Fsp3) is 0.526. The Kier molecular flexibility index (Phi) is 6.34. The summed E-state index contributed by atoms with van der Waals surface area (Å²) in [5.41, 5.74) is 2.72. The number of nitrogens with zero attached hydrogens (tertiary/aromatic N) is 3. The van der Waals surface area contributed by atoms with E-state index in [0.29, 0.717) is 44.5 Å². The summed E-state index contributed by atoms with van der Waals surface area (Å²) in [7, 11) is -1.67. The van der Waals surface area contributed by atoms with Gasteiger partial charge in [0.05, 0.1) is 12.8 Å². The predicted octanol–water partition coefficient (Wildman–Crippen LogP) is 2.60. The third kappa shape index (κ3) is 4.70. The van der Waals surface area contributed by atoms with Crippen molar-refractivity contribution in [2.75, 3.05) is 26.5 Å². The average molecular weight is 424 g/mol. The molecule has 1 amide bonds. The summed E-state index contributed by atoms with van der Waals surface area (Å²) in [4.78, 5) is 14.4. The molecule has 7 nitrogen and oxygen atoms in total. The molecular formula is C19H25N3O4S2. The lowest BCUT2D eigenvalue weighted by molar-refractivity contribution is -0.132. The lowest BCUT2D eigenvalue weighted by Gasteiger charge is -2.31. The topological polar surface area (TPSA) is 89.5 Å². The summed E-state index contributed by atoms with van der Waals surface area (Å²) in [6, 6.07) is 6.02. The molecule has 2 aromatic rings. The van der Waals surface area contributed by atoms with Crippen LogP contribution in [0.1, 0.15) is 42.0 Å². The summed E-state index contributed by atoms with van der Waals surface area (Å²) in [5, 5.41) is 4.05. The second kappa shape index (κ2) is 8.57. The standard InChI is InChI=1S/C19H25N3O4S2/c1-13-4-5-14(12-16(13)26-2)6-7-17(23)22-10-8-15(9-11-22)18-19(27-21-20-18)28(3,24)25/h4-5,12,15H,6-11H2,1-3H3. The van der Waals surface area contributed by atoms with Crippen LogP contribution in [-0.2, 0) is 21.1 Å². The van der Waals surface area contributed by atoms with Gasteiger partial charge in [-0.3, -0.25) is 4.79 Å². The molecule has 0 saturated carbocycles. The van der Waals surface area contributed by atoms with Crippen molar-refractivity contribution in [2.45, 2.75) is 42.7 Å². The third-order valence-electron chi connectivity index (χ3n) is 5.15. The normalized spacial score (nSPS) is 15.6. The van der Waals surface area contributed by atoms with E-state index in [1.54, 1.807) is 7.11 Å². The number of methoxy groups -OCH3 is 1. The van der Waals surface area contributed by atoms with Crippen molar-refractivity contribution < 1.29 is 17.9 Å². The van der Waals surface area contributed by atoms with E-state index in [1.165, 1.54) is 6.26 Å². The van der Waals surface area contributed by atoms with Crippen LogP contribution in [0.4, 0.5) is 0 Å². The molecule has 9 heteroatoms. The van der Waals surface area contributed by atoms with E-state index in [4.69, 9.17) is 4.74 Å². The van der Waals surface area contributed by atoms with Crippen LogP contribution in [0.25, 0.3) is 0 Å². The van der Waals surface area contributed by atoms with Gasteiger partial charge in [-0.05, 0) is 43.4 Å². The molecule has 0 bridgehead atoms. The number of likely N-dealkylation sites (tertiary alicyclic amines) is 1. The van der Waals surface area contributed by atoms with Gasteiger partial charge >= 0.3 is 0 Å². The quantitative estimate of drug-likeness (QED) is 0.709. The Morgan fingerprint density at radius 2 is 2.04 bits per heavy atom. The monoisotopic (exact) mass is 423 g/mol. The Balaban J connectivity index is 1.55. The molecule has 0 N–H and O–H groups in total. The molecule has 1 aromatic heterocycles. The number of carbonyl (C=O) groups is 1. The molecule has 2 heterocycles. The van der Waals surface area contributed by atoms with Crippen LogP contribution in [0.2, 0.25) is 0 Å². The SMILES string of the molecule is COc1cc(CCC(=O)N2CCC(c3nnsc3S(C)(=O)=O)CC2)ccc1C. The van der Waals surface area contributed by atoms with Gasteiger partial charge in [-0.25, -0.2) is 8.42 Å². The van der Waals surface area contributed by atoms with Crippen LogP contribution in [0.3, 0.4) is 0 Å². The molecular weight excluding hydrogens is 398 g/mol. The molecule has 152 valence electrons. The Morgan fingerprint density at radius 1 is 1.32 bits per heavy atom. The zero-order valence-corrected chi connectivity index (χ0v) is 18.0. The van der Waals surface area contributed by atoms with Gasteiger partial charge in [0.2, 0.25) is 5.91 Å². The molecule has 0 unspecified atom stereocenters. The maximum Gasteiger partial charge on any atom is 0.222 e. The van der Waals surface area contributed by atoms with E-state index < -0.39 is 9.84 Å². The molecule has 28 heavy (non-hydrogen) atoms. The van der Waals surface area contributed by atoms with Crippen LogP contribution in [0, 0.1) is 6.92 Å². The number of benzene rings is 1. The smallest absolute Gasteiger partial charge is 0.222 e. The first-order valence-corrected chi connectivity index (χ1v) is 11.9. The molecule has 1 aliphatic heterocycles. The lowest BCUT2D eigenvalue weighted by Crippen LogP contribution is -2.38. The summed E-state index contributed by atoms with van der Waals surface area (Å²) in [6.07, 6.45) is 3.72. The van der Waals surface area contributed by atoms with Gasteiger partial charge in [0.25, 0.3) is 0 Å². The van der Waals surface area contributed by atoms with Gasteiger partial charge in [-0.15, -0.1) is 5.10 Å². The molecule has 1 aromatic carbocycles. The second-order valence-electron chi connectivity index (χ2n) is 7.18. The Hall–Kier alpha value is -2.00. The van der Waals surface area contributed by atoms with E-state index in [9.17, 15) is 13.2 Å².